The number of hydrogen-bond donors (Lipinski definition) is 1. The maximum Gasteiger partial charge on any atom is 0.363 e. The van der Waals surface area contributed by atoms with E-state index in [4.69, 9.17) is 9.47 Å². The molecule has 0 saturated heterocycles. The molecule has 0 saturated carbocycles. The summed E-state index contributed by atoms with van der Waals surface area (Å²) in [4.78, 5) is 32.8. The average Bonchev–Trinajstić information content (AvgIpc) is 3.15. The fourth-order valence-electron chi connectivity index (χ4n) is 2.83. The Morgan fingerprint density at radius 2 is 1.84 bits per heavy atom. The van der Waals surface area contributed by atoms with Gasteiger partial charge >= 0.3 is 5.97 Å². The van der Waals surface area contributed by atoms with Crippen LogP contribution >= 0.6 is 15.9 Å². The third-order valence-electron chi connectivity index (χ3n) is 4.40. The highest BCUT2D eigenvalue weighted by Gasteiger charge is 2.24. The molecule has 4 rings (SSSR count). The average molecular weight is 478 g/mol. The fourth-order valence-corrected chi connectivity index (χ4v) is 3.19. The first-order chi connectivity index (χ1) is 15.0. The molecule has 8 heteroatoms. The van der Waals surface area contributed by atoms with E-state index in [9.17, 15) is 9.59 Å². The topological polar surface area (TPSA) is 89.9 Å². The number of esters is 1. The van der Waals surface area contributed by atoms with E-state index in [1.165, 1.54) is 6.20 Å². The van der Waals surface area contributed by atoms with Gasteiger partial charge in [-0.3, -0.25) is 9.78 Å². The largest absolute Gasteiger partial charge is 0.497 e. The second-order valence-corrected chi connectivity index (χ2v) is 7.45. The van der Waals surface area contributed by atoms with Gasteiger partial charge in [0.15, 0.2) is 5.70 Å². The minimum atomic E-state index is -0.523. The highest BCUT2D eigenvalue weighted by Crippen LogP contribution is 2.22. The molecule has 3 aromatic rings. The van der Waals surface area contributed by atoms with Crippen molar-refractivity contribution in [2.24, 2.45) is 4.99 Å². The Hall–Kier alpha value is -3.78. The van der Waals surface area contributed by atoms with Gasteiger partial charge in [-0.15, -0.1) is 0 Å². The molecule has 2 heterocycles. The van der Waals surface area contributed by atoms with E-state index in [1.807, 2.05) is 12.1 Å². The standard InChI is InChI=1S/C23H16BrN3O4/c1-30-19-8-2-14(3-9-19)10-20-23(29)31-22(27-20)15-4-6-18(7-5-15)26-21(28)16-11-17(24)13-25-12-16/h2-13H,1H3,(H,26,28). The molecule has 0 aliphatic carbocycles. The van der Waals surface area contributed by atoms with Crippen molar-refractivity contribution < 1.29 is 19.1 Å². The molecule has 1 aromatic heterocycles. The number of rotatable bonds is 5. The van der Waals surface area contributed by atoms with Crippen LogP contribution in [0, 0.1) is 0 Å². The van der Waals surface area contributed by atoms with Crippen LogP contribution in [0.25, 0.3) is 6.08 Å². The minimum absolute atomic E-state index is 0.207. The van der Waals surface area contributed by atoms with E-state index in [0.717, 1.165) is 15.8 Å². The Morgan fingerprint density at radius 1 is 1.10 bits per heavy atom. The van der Waals surface area contributed by atoms with Gasteiger partial charge in [-0.25, -0.2) is 9.79 Å². The number of methoxy groups -OCH3 is 1. The van der Waals surface area contributed by atoms with Crippen molar-refractivity contribution in [3.8, 4) is 5.75 Å². The van der Waals surface area contributed by atoms with E-state index in [0.29, 0.717) is 16.8 Å². The fraction of sp³-hybridized carbons (Fsp3) is 0.0435. The number of nitrogens with zero attached hydrogens (tertiary/aromatic N) is 2. The molecule has 0 atom stereocenters. The lowest BCUT2D eigenvalue weighted by Crippen LogP contribution is -2.12. The van der Waals surface area contributed by atoms with Gasteiger partial charge in [-0.2, -0.15) is 0 Å². The van der Waals surface area contributed by atoms with E-state index in [1.54, 1.807) is 61.8 Å². The van der Waals surface area contributed by atoms with Crippen LogP contribution in [-0.2, 0) is 9.53 Å². The SMILES string of the molecule is COc1ccc(C=C2N=C(c3ccc(NC(=O)c4cncc(Br)c4)cc3)OC2=O)cc1. The van der Waals surface area contributed by atoms with Crippen LogP contribution < -0.4 is 10.1 Å². The summed E-state index contributed by atoms with van der Waals surface area (Å²) >= 11 is 3.29. The summed E-state index contributed by atoms with van der Waals surface area (Å²) in [6.07, 6.45) is 4.74. The van der Waals surface area contributed by atoms with Crippen LogP contribution in [0.5, 0.6) is 5.75 Å². The number of pyridine rings is 1. The van der Waals surface area contributed by atoms with Gasteiger partial charge in [0.05, 0.1) is 12.7 Å². The maximum absolute atomic E-state index is 12.3. The highest BCUT2D eigenvalue weighted by atomic mass is 79.9. The number of ether oxygens (including phenoxy) is 2. The van der Waals surface area contributed by atoms with Crippen molar-refractivity contribution in [3.63, 3.8) is 0 Å². The van der Waals surface area contributed by atoms with Crippen molar-refractivity contribution in [1.82, 2.24) is 4.98 Å². The first-order valence-electron chi connectivity index (χ1n) is 9.21. The molecule has 2 aromatic carbocycles. The molecule has 1 amide bonds. The van der Waals surface area contributed by atoms with Gasteiger partial charge in [-0.1, -0.05) is 12.1 Å². The zero-order valence-corrected chi connectivity index (χ0v) is 17.9. The smallest absolute Gasteiger partial charge is 0.363 e. The molecule has 7 nitrogen and oxygen atoms in total. The third-order valence-corrected chi connectivity index (χ3v) is 4.83. The first kappa shape index (κ1) is 20.5. The lowest BCUT2D eigenvalue weighted by Gasteiger charge is -2.06. The van der Waals surface area contributed by atoms with E-state index in [-0.39, 0.29) is 17.5 Å². The Kier molecular flexibility index (Phi) is 5.90. The molecule has 1 aliphatic heterocycles. The first-order valence-corrected chi connectivity index (χ1v) is 10.00. The van der Waals surface area contributed by atoms with Gasteiger partial charge in [0.2, 0.25) is 5.90 Å². The van der Waals surface area contributed by atoms with Crippen molar-refractivity contribution in [3.05, 3.63) is 93.9 Å². The van der Waals surface area contributed by atoms with Gasteiger partial charge < -0.3 is 14.8 Å². The highest BCUT2D eigenvalue weighted by molar-refractivity contribution is 9.10. The summed E-state index contributed by atoms with van der Waals surface area (Å²) < 4.78 is 11.1. The molecule has 0 bridgehead atoms. The van der Waals surface area contributed by atoms with Crippen LogP contribution in [0.4, 0.5) is 5.69 Å². The zero-order chi connectivity index (χ0) is 21.8. The predicted octanol–water partition coefficient (Wildman–Crippen LogP) is 4.45. The van der Waals surface area contributed by atoms with E-state index >= 15 is 0 Å². The second kappa shape index (κ2) is 8.93. The quantitative estimate of drug-likeness (QED) is 0.433. The second-order valence-electron chi connectivity index (χ2n) is 6.53. The number of halogens is 1. The van der Waals surface area contributed by atoms with Crippen LogP contribution in [-0.4, -0.2) is 29.9 Å². The number of aromatic nitrogens is 1. The van der Waals surface area contributed by atoms with Crippen LogP contribution in [0.15, 0.2) is 82.2 Å². The Morgan fingerprint density at radius 3 is 2.52 bits per heavy atom. The molecular weight excluding hydrogens is 462 g/mol. The predicted molar refractivity (Wildman–Crippen MR) is 120 cm³/mol. The van der Waals surface area contributed by atoms with Gasteiger partial charge in [0, 0.05) is 28.1 Å². The Bertz CT molecular complexity index is 1200. The molecule has 0 radical (unpaired) electrons. The summed E-state index contributed by atoms with van der Waals surface area (Å²) in [6.45, 7) is 0. The molecule has 1 aliphatic rings. The summed E-state index contributed by atoms with van der Waals surface area (Å²) in [5, 5.41) is 2.79. The number of anilines is 1. The Balaban J connectivity index is 1.48. The number of nitrogens with one attached hydrogen (secondary N) is 1. The minimum Gasteiger partial charge on any atom is -0.497 e. The lowest BCUT2D eigenvalue weighted by molar-refractivity contribution is -0.129. The number of aliphatic imine (C=N–C) groups is 1. The van der Waals surface area contributed by atoms with Crippen molar-refractivity contribution >= 4 is 45.5 Å². The van der Waals surface area contributed by atoms with Gasteiger partial charge in [0.25, 0.3) is 5.91 Å². The van der Waals surface area contributed by atoms with E-state index < -0.39 is 5.97 Å². The number of benzene rings is 2. The van der Waals surface area contributed by atoms with Crippen LogP contribution in [0.1, 0.15) is 21.5 Å². The third kappa shape index (κ3) is 4.87. The summed E-state index contributed by atoms with van der Waals surface area (Å²) in [5.74, 6) is 0.128. The van der Waals surface area contributed by atoms with Crippen molar-refractivity contribution in [1.29, 1.82) is 0 Å². The molecule has 0 fully saturated rings. The van der Waals surface area contributed by atoms with Crippen molar-refractivity contribution in [2.75, 3.05) is 12.4 Å². The van der Waals surface area contributed by atoms with E-state index in [2.05, 4.69) is 31.2 Å². The molecule has 0 spiro atoms. The normalized spacial score (nSPS) is 14.2. The molecule has 0 unspecified atom stereocenters. The molecule has 154 valence electrons. The Labute approximate surface area is 186 Å². The number of amides is 1. The summed E-state index contributed by atoms with van der Waals surface area (Å²) in [5.41, 5.74) is 2.65. The van der Waals surface area contributed by atoms with Crippen LogP contribution in [0.3, 0.4) is 0 Å². The summed E-state index contributed by atoms with van der Waals surface area (Å²) in [7, 11) is 1.59. The molecule has 31 heavy (non-hydrogen) atoms. The zero-order valence-electron chi connectivity index (χ0n) is 16.3. The molecular formula is C23H16BrN3O4. The number of carbonyl (C=O) groups excluding carboxylic acids is 2. The summed E-state index contributed by atoms with van der Waals surface area (Å²) in [6, 6.07) is 15.8. The lowest BCUT2D eigenvalue weighted by atomic mass is 10.2. The number of cyclic esters (lactones) is 1. The van der Waals surface area contributed by atoms with Crippen molar-refractivity contribution in [2.45, 2.75) is 0 Å². The number of hydrogen-bond acceptors (Lipinski definition) is 6. The van der Waals surface area contributed by atoms with Gasteiger partial charge in [-0.05, 0) is 70.0 Å². The van der Waals surface area contributed by atoms with Gasteiger partial charge in [0.1, 0.15) is 5.75 Å². The molecule has 1 N–H and O–H groups in total. The number of carbonyl (C=O) groups is 2. The maximum atomic E-state index is 12.3. The monoisotopic (exact) mass is 477 g/mol. The van der Waals surface area contributed by atoms with Crippen LogP contribution in [0.2, 0.25) is 0 Å².